The fraction of sp³-hybridized carbons (Fsp3) is 0.837. The topological polar surface area (TPSA) is 158 Å². The number of rotatable bonds is 7. The lowest BCUT2D eigenvalue weighted by Crippen LogP contribution is -2.56. The normalized spacial score (nSPS) is 45.8. The highest BCUT2D eigenvalue weighted by Crippen LogP contribution is 2.48. The van der Waals surface area contributed by atoms with E-state index in [4.69, 9.17) is 45.0 Å². The van der Waals surface area contributed by atoms with E-state index in [9.17, 15) is 18.9 Å². The number of carbonyl (C=O) groups excluding carboxylic acids is 2. The van der Waals surface area contributed by atoms with Gasteiger partial charge in [-0.3, -0.25) is 9.79 Å². The smallest absolute Gasteiger partial charge is 0.332 e. The van der Waals surface area contributed by atoms with Crippen molar-refractivity contribution in [2.75, 3.05) is 41.1 Å². The number of likely N-dealkylation sites (N-methyl/N-ethyl adjacent to an activating group) is 2. The largest absolute Gasteiger partial charge is 0.459 e. The predicted octanol–water partition coefficient (Wildman–Crippen LogP) is 4.73. The molecule has 6 aliphatic heterocycles. The molecule has 17 heteroatoms. The van der Waals surface area contributed by atoms with Crippen LogP contribution in [0, 0.1) is 11.8 Å². The Hall–Kier alpha value is -1.44. The number of hydrogen-bond acceptors (Lipinski definition) is 15. The molecule has 0 aromatic rings. The highest BCUT2D eigenvalue weighted by molar-refractivity contribution is 8.14. The number of ether oxygens (including phenoxy) is 6. The van der Waals surface area contributed by atoms with E-state index in [1.165, 1.54) is 24.9 Å². The van der Waals surface area contributed by atoms with Gasteiger partial charge in [-0.25, -0.2) is 9.00 Å². The molecule has 4 fully saturated rings. The summed E-state index contributed by atoms with van der Waals surface area (Å²) in [6, 6.07) is -0.414. The number of ketones is 1. The summed E-state index contributed by atoms with van der Waals surface area (Å²) in [6.45, 7) is 13.4. The van der Waals surface area contributed by atoms with E-state index in [1.807, 2.05) is 34.9 Å². The lowest BCUT2D eigenvalue weighted by molar-refractivity contribution is -0.260. The number of methoxy groups -OCH3 is 1. The maximum atomic E-state index is 14.6. The highest BCUT2D eigenvalue weighted by Gasteiger charge is 2.56. The van der Waals surface area contributed by atoms with E-state index in [1.54, 1.807) is 13.8 Å². The van der Waals surface area contributed by atoms with Crippen LogP contribution in [-0.4, -0.2) is 160 Å². The van der Waals surface area contributed by atoms with Crippen molar-refractivity contribution in [1.29, 1.82) is 0 Å². The summed E-state index contributed by atoms with van der Waals surface area (Å²) in [5.41, 5.74) is -2.90. The molecule has 0 amide bonds. The molecule has 14 nitrogen and oxygen atoms in total. The van der Waals surface area contributed by atoms with Crippen LogP contribution in [0.15, 0.2) is 27.7 Å². The number of aliphatic hydroxyl groups is 1. The number of nitrogens with one attached hydrogen (secondary N) is 1. The van der Waals surface area contributed by atoms with Gasteiger partial charge in [0, 0.05) is 49.8 Å². The molecule has 7 aliphatic rings. The van der Waals surface area contributed by atoms with Gasteiger partial charge in [0.1, 0.15) is 27.5 Å². The van der Waals surface area contributed by atoms with Gasteiger partial charge in [-0.1, -0.05) is 18.6 Å². The van der Waals surface area contributed by atoms with E-state index >= 15 is 0 Å². The molecule has 0 aromatic heterocycles. The first-order chi connectivity index (χ1) is 28.1. The third-order valence-corrected chi connectivity index (χ3v) is 17.6. The Labute approximate surface area is 368 Å². The number of aliphatic hydroxyl groups excluding tert-OH is 1. The Bertz CT molecular complexity index is 1710. The molecule has 340 valence electrons. The van der Waals surface area contributed by atoms with Crippen molar-refractivity contribution in [1.82, 2.24) is 15.1 Å². The van der Waals surface area contributed by atoms with Crippen LogP contribution in [-0.2, 0) is 48.8 Å². The number of allylic oxidation sites excluding steroid dienone is 1. The summed E-state index contributed by atoms with van der Waals surface area (Å²) in [7, 11) is 7.73. The van der Waals surface area contributed by atoms with Crippen LogP contribution in [0.4, 0.5) is 0 Å². The van der Waals surface area contributed by atoms with Crippen molar-refractivity contribution in [3.05, 3.63) is 22.8 Å². The van der Waals surface area contributed by atoms with Gasteiger partial charge in [-0.2, -0.15) is 0 Å². The average Bonchev–Trinajstić information content (AvgIpc) is 3.77. The van der Waals surface area contributed by atoms with Crippen LogP contribution in [0.2, 0.25) is 0 Å². The fourth-order valence-electron chi connectivity index (χ4n) is 9.92. The Morgan fingerprint density at radius 1 is 0.983 bits per heavy atom. The van der Waals surface area contributed by atoms with Crippen LogP contribution >= 0.6 is 23.4 Å². The van der Waals surface area contributed by atoms with Gasteiger partial charge in [0.2, 0.25) is 0 Å². The number of thioether (sulfide) groups is 1. The van der Waals surface area contributed by atoms with Gasteiger partial charge in [-0.15, -0.1) is 23.4 Å². The number of halogens is 1. The summed E-state index contributed by atoms with van der Waals surface area (Å²) >= 11 is 8.80. The third-order valence-electron chi connectivity index (χ3n) is 14.0. The molecule has 1 saturated carbocycles. The fourth-order valence-corrected chi connectivity index (χ4v) is 13.0. The lowest BCUT2D eigenvalue weighted by atomic mass is 9.69. The Morgan fingerprint density at radius 3 is 2.20 bits per heavy atom. The number of carbonyl (C=O) groups is 2. The average molecular weight is 902 g/mol. The summed E-state index contributed by atoms with van der Waals surface area (Å²) in [6.07, 6.45) is 3.47. The second kappa shape index (κ2) is 19.0. The maximum absolute atomic E-state index is 14.6. The minimum absolute atomic E-state index is 0.0455. The molecule has 0 radical (unpaired) electrons. The Morgan fingerprint density at radius 2 is 1.60 bits per heavy atom. The molecule has 0 aromatic carbocycles. The van der Waals surface area contributed by atoms with Gasteiger partial charge in [0.05, 0.1) is 34.3 Å². The molecule has 2 N–H and O–H groups in total. The molecule has 6 bridgehead atoms. The standard InChI is InChI=1S/C43H69ClN4O10S2/c1-23-13-16-32(49)43(7,58-37-18-15-30(48(10)11)26(4)55-37)33(50)21-35-46-42(6,40(53-12)60(35)52)39-45-28(22-59-39)38(51)57-34-20-31(27(19-23)24(2)41(34,5)44)56-36-17-14-29(47(8)9)25(3)54-36/h19,21,24-32,34,36-37,40,46,49H,13-18,20,22H2,1-12H3. The minimum Gasteiger partial charge on any atom is -0.459 e. The third kappa shape index (κ3) is 9.64. The van der Waals surface area contributed by atoms with Crippen LogP contribution in [0.1, 0.15) is 93.4 Å². The molecule has 60 heavy (non-hydrogen) atoms. The lowest BCUT2D eigenvalue weighted by Gasteiger charge is -2.49. The van der Waals surface area contributed by atoms with Crippen molar-refractivity contribution >= 4 is 51.0 Å². The SMILES string of the molecule is COC1S(=O)C2=CC(=O)C(C)(OC3CCC(N(C)C)C(C)O3)C(O)CCC(C)=CC3C(OC4CCC(N(C)C)C(C)O4)CC(OC(=O)C4CSC(=N4)C1(C)N2)C(C)(Cl)C3C. The van der Waals surface area contributed by atoms with Crippen molar-refractivity contribution in [3.63, 3.8) is 0 Å². The maximum Gasteiger partial charge on any atom is 0.332 e. The van der Waals surface area contributed by atoms with Crippen LogP contribution in [0.25, 0.3) is 0 Å². The van der Waals surface area contributed by atoms with Crippen molar-refractivity contribution in [2.24, 2.45) is 16.8 Å². The molecule has 1 aliphatic carbocycles. The first kappa shape index (κ1) is 48.0. The van der Waals surface area contributed by atoms with Crippen molar-refractivity contribution in [2.45, 2.75) is 176 Å². The number of alkyl halides is 1. The van der Waals surface area contributed by atoms with Crippen molar-refractivity contribution in [3.8, 4) is 0 Å². The minimum atomic E-state index is -1.85. The molecule has 6 heterocycles. The van der Waals surface area contributed by atoms with E-state index in [0.717, 1.165) is 18.4 Å². The number of nitrogens with zero attached hydrogens (tertiary/aromatic N) is 3. The monoisotopic (exact) mass is 900 g/mol. The zero-order chi connectivity index (χ0) is 44.1. The Balaban J connectivity index is 1.37. The van der Waals surface area contributed by atoms with Gasteiger partial charge >= 0.3 is 5.97 Å². The van der Waals surface area contributed by atoms with E-state index in [0.29, 0.717) is 36.5 Å². The summed E-state index contributed by atoms with van der Waals surface area (Å²) in [5, 5.41) is 16.0. The van der Waals surface area contributed by atoms with Crippen molar-refractivity contribution < 1.29 is 47.3 Å². The van der Waals surface area contributed by atoms with Gasteiger partial charge in [0.25, 0.3) is 0 Å². The molecule has 0 spiro atoms. The first-order valence-corrected chi connectivity index (χ1v) is 24.1. The zero-order valence-corrected chi connectivity index (χ0v) is 39.9. The summed E-state index contributed by atoms with van der Waals surface area (Å²) in [5.74, 6) is -1.18. The van der Waals surface area contributed by atoms with E-state index in [2.05, 4.69) is 49.1 Å². The van der Waals surface area contributed by atoms with Crippen LogP contribution in [0.3, 0.4) is 0 Å². The van der Waals surface area contributed by atoms with Crippen LogP contribution in [0.5, 0.6) is 0 Å². The molecular formula is C43H69ClN4O10S2. The van der Waals surface area contributed by atoms with Crippen LogP contribution < -0.4 is 5.32 Å². The molecule has 17 unspecified atom stereocenters. The molecular weight excluding hydrogens is 832 g/mol. The quantitative estimate of drug-likeness (QED) is 0.205. The highest BCUT2D eigenvalue weighted by atomic mass is 35.5. The van der Waals surface area contributed by atoms with Gasteiger partial charge < -0.3 is 48.6 Å². The predicted molar refractivity (Wildman–Crippen MR) is 234 cm³/mol. The number of hydrogen-bond donors (Lipinski definition) is 2. The molecule has 3 saturated heterocycles. The summed E-state index contributed by atoms with van der Waals surface area (Å²) < 4.78 is 52.4. The molecule has 7 rings (SSSR count). The van der Waals surface area contributed by atoms with Gasteiger partial charge in [-0.05, 0) is 108 Å². The first-order valence-electron chi connectivity index (χ1n) is 21.5. The van der Waals surface area contributed by atoms with Gasteiger partial charge in [0.15, 0.2) is 35.4 Å². The van der Waals surface area contributed by atoms with E-state index in [-0.39, 0.29) is 47.6 Å². The molecule has 17 atom stereocenters. The number of esters is 1. The number of aliphatic imine (C=N–C) groups is 1. The second-order valence-corrected chi connectivity index (χ2v) is 22.0. The zero-order valence-electron chi connectivity index (χ0n) is 37.5. The second-order valence-electron chi connectivity index (χ2n) is 18.7. The Kier molecular flexibility index (Phi) is 15.2. The van der Waals surface area contributed by atoms with E-state index < -0.39 is 80.9 Å². The number of fused-ring (bicyclic) bond motifs is 9. The summed E-state index contributed by atoms with van der Waals surface area (Å²) in [4.78, 5) is 36.8.